The lowest BCUT2D eigenvalue weighted by atomic mass is 10.3. The van der Waals surface area contributed by atoms with Crippen molar-refractivity contribution in [2.24, 2.45) is 0 Å². The van der Waals surface area contributed by atoms with Crippen molar-refractivity contribution in [2.75, 3.05) is 6.26 Å². The number of hydrogen-bond acceptors (Lipinski definition) is 4. The first-order valence-corrected chi connectivity index (χ1v) is 8.24. The van der Waals surface area contributed by atoms with Crippen LogP contribution in [0.1, 0.15) is 13.8 Å². The third-order valence-electron chi connectivity index (χ3n) is 2.59. The van der Waals surface area contributed by atoms with Gasteiger partial charge in [0, 0.05) is 10.5 Å². The van der Waals surface area contributed by atoms with Crippen LogP contribution in [0.3, 0.4) is 0 Å². The van der Waals surface area contributed by atoms with Crippen LogP contribution in [0.2, 0.25) is 0 Å². The van der Waals surface area contributed by atoms with E-state index in [4.69, 9.17) is 0 Å². The van der Waals surface area contributed by atoms with Gasteiger partial charge in [0.25, 0.3) is 0 Å². The van der Waals surface area contributed by atoms with Gasteiger partial charge in [-0.05, 0) is 18.4 Å². The number of rotatable bonds is 4. The lowest BCUT2D eigenvalue weighted by Gasteiger charge is -2.15. The minimum atomic E-state index is 0.607. The summed E-state index contributed by atoms with van der Waals surface area (Å²) in [6, 6.07) is 8.34. The molecule has 0 saturated heterocycles. The maximum absolute atomic E-state index is 4.64. The molecule has 86 valence electrons. The van der Waals surface area contributed by atoms with Gasteiger partial charge in [-0.3, -0.25) is 0 Å². The zero-order chi connectivity index (χ0) is 11.5. The fraction of sp³-hybridized carbons (Fsp3) is 0.417. The summed E-state index contributed by atoms with van der Waals surface area (Å²) in [6.07, 6.45) is 2.17. The molecule has 0 aliphatic heterocycles. The molecule has 2 unspecified atom stereocenters. The molecule has 0 radical (unpaired) electrons. The van der Waals surface area contributed by atoms with E-state index in [0.29, 0.717) is 10.5 Å². The highest BCUT2D eigenvalue weighted by molar-refractivity contribution is 8.04. The predicted molar refractivity (Wildman–Crippen MR) is 77.9 cm³/mol. The Morgan fingerprint density at radius 1 is 1.19 bits per heavy atom. The van der Waals surface area contributed by atoms with Crippen LogP contribution >= 0.6 is 34.9 Å². The van der Waals surface area contributed by atoms with Crippen LogP contribution in [-0.4, -0.2) is 21.7 Å². The molecule has 2 aromatic rings. The van der Waals surface area contributed by atoms with Gasteiger partial charge >= 0.3 is 0 Å². The second-order valence-electron chi connectivity index (χ2n) is 3.71. The summed E-state index contributed by atoms with van der Waals surface area (Å²) in [6.45, 7) is 4.55. The topological polar surface area (TPSA) is 12.9 Å². The number of nitrogens with zero attached hydrogens (tertiary/aromatic N) is 1. The molecule has 1 aromatic carbocycles. The second-order valence-corrected chi connectivity index (χ2v) is 7.58. The van der Waals surface area contributed by atoms with Gasteiger partial charge in [0.15, 0.2) is 4.34 Å². The highest BCUT2D eigenvalue weighted by Crippen LogP contribution is 2.34. The summed E-state index contributed by atoms with van der Waals surface area (Å²) in [7, 11) is 0. The van der Waals surface area contributed by atoms with E-state index in [1.807, 2.05) is 29.6 Å². The van der Waals surface area contributed by atoms with E-state index >= 15 is 0 Å². The van der Waals surface area contributed by atoms with Crippen LogP contribution in [-0.2, 0) is 0 Å². The summed E-state index contributed by atoms with van der Waals surface area (Å²) in [5.74, 6) is 0. The molecular formula is C12H15NS3. The quantitative estimate of drug-likeness (QED) is 0.757. The van der Waals surface area contributed by atoms with Crippen molar-refractivity contribution in [3.8, 4) is 0 Å². The van der Waals surface area contributed by atoms with E-state index in [9.17, 15) is 0 Å². The van der Waals surface area contributed by atoms with Crippen LogP contribution in [0.15, 0.2) is 28.6 Å². The molecule has 0 aliphatic carbocycles. The Kier molecular flexibility index (Phi) is 4.16. The molecule has 1 nitrogen and oxygen atoms in total. The number of hydrogen-bond donors (Lipinski definition) is 0. The van der Waals surface area contributed by atoms with E-state index in [-0.39, 0.29) is 0 Å². The van der Waals surface area contributed by atoms with Gasteiger partial charge < -0.3 is 0 Å². The van der Waals surface area contributed by atoms with Gasteiger partial charge in [-0.25, -0.2) is 4.98 Å². The number of benzene rings is 1. The third kappa shape index (κ3) is 2.73. The van der Waals surface area contributed by atoms with E-state index < -0.39 is 0 Å². The van der Waals surface area contributed by atoms with Crippen LogP contribution in [0.25, 0.3) is 10.2 Å². The predicted octanol–water partition coefficient (Wildman–Crippen LogP) is 4.53. The molecule has 2 atom stereocenters. The zero-order valence-corrected chi connectivity index (χ0v) is 12.1. The molecule has 0 fully saturated rings. The minimum Gasteiger partial charge on any atom is -0.230 e. The highest BCUT2D eigenvalue weighted by atomic mass is 32.2. The van der Waals surface area contributed by atoms with Crippen molar-refractivity contribution in [3.05, 3.63) is 24.3 Å². The molecule has 0 amide bonds. The van der Waals surface area contributed by atoms with Crippen molar-refractivity contribution in [1.82, 2.24) is 4.98 Å². The number of fused-ring (bicyclic) bond motifs is 1. The standard InChI is InChI=1S/C12H15NS3/c1-8(14-3)9(2)15-12-13-10-6-4-5-7-11(10)16-12/h4-9H,1-3H3. The molecule has 0 bridgehead atoms. The molecule has 0 spiro atoms. The van der Waals surface area contributed by atoms with E-state index in [1.165, 1.54) is 9.04 Å². The Hall–Kier alpha value is -0.190. The zero-order valence-electron chi connectivity index (χ0n) is 9.64. The van der Waals surface area contributed by atoms with E-state index in [1.54, 1.807) is 11.3 Å². The number of thiazole rings is 1. The first-order valence-electron chi connectivity index (χ1n) is 5.25. The van der Waals surface area contributed by atoms with Gasteiger partial charge in [-0.2, -0.15) is 11.8 Å². The molecule has 4 heteroatoms. The molecule has 1 aromatic heterocycles. The van der Waals surface area contributed by atoms with Gasteiger partial charge in [-0.1, -0.05) is 37.7 Å². The first kappa shape index (κ1) is 12.3. The molecule has 2 rings (SSSR count). The summed E-state index contributed by atoms with van der Waals surface area (Å²) in [4.78, 5) is 4.64. The summed E-state index contributed by atoms with van der Waals surface area (Å²) >= 11 is 5.60. The fourth-order valence-electron chi connectivity index (χ4n) is 1.35. The Bertz CT molecular complexity index is 433. The van der Waals surface area contributed by atoms with Crippen molar-refractivity contribution in [3.63, 3.8) is 0 Å². The van der Waals surface area contributed by atoms with E-state index in [2.05, 4.69) is 43.3 Å². The van der Waals surface area contributed by atoms with Gasteiger partial charge in [0.05, 0.1) is 10.2 Å². The van der Waals surface area contributed by atoms with Gasteiger partial charge in [0.2, 0.25) is 0 Å². The minimum absolute atomic E-state index is 0.607. The largest absolute Gasteiger partial charge is 0.230 e. The molecule has 16 heavy (non-hydrogen) atoms. The average Bonchev–Trinajstić information content (AvgIpc) is 2.69. The maximum atomic E-state index is 4.64. The van der Waals surface area contributed by atoms with Crippen LogP contribution in [0.4, 0.5) is 0 Å². The van der Waals surface area contributed by atoms with Crippen LogP contribution < -0.4 is 0 Å². The van der Waals surface area contributed by atoms with Crippen LogP contribution in [0, 0.1) is 0 Å². The maximum Gasteiger partial charge on any atom is 0.151 e. The lowest BCUT2D eigenvalue weighted by molar-refractivity contribution is 0.927. The van der Waals surface area contributed by atoms with Crippen molar-refractivity contribution < 1.29 is 0 Å². The normalized spacial score (nSPS) is 15.2. The van der Waals surface area contributed by atoms with Gasteiger partial charge in [0.1, 0.15) is 0 Å². The van der Waals surface area contributed by atoms with Crippen molar-refractivity contribution >= 4 is 45.1 Å². The second kappa shape index (κ2) is 5.43. The number of para-hydroxylation sites is 1. The Morgan fingerprint density at radius 2 is 1.94 bits per heavy atom. The summed E-state index contributed by atoms with van der Waals surface area (Å²) < 4.78 is 2.48. The van der Waals surface area contributed by atoms with Crippen molar-refractivity contribution in [2.45, 2.75) is 28.7 Å². The molecule has 0 N–H and O–H groups in total. The van der Waals surface area contributed by atoms with Crippen molar-refractivity contribution in [1.29, 1.82) is 0 Å². The smallest absolute Gasteiger partial charge is 0.151 e. The summed E-state index contributed by atoms with van der Waals surface area (Å²) in [5, 5.41) is 1.27. The molecule has 0 saturated carbocycles. The third-order valence-corrected chi connectivity index (χ3v) is 6.36. The Labute approximate surface area is 109 Å². The number of aromatic nitrogens is 1. The monoisotopic (exact) mass is 269 g/mol. The SMILES string of the molecule is CSC(C)C(C)Sc1nc2ccccc2s1. The Balaban J connectivity index is 2.15. The first-order chi connectivity index (χ1) is 7.70. The average molecular weight is 269 g/mol. The summed E-state index contributed by atoms with van der Waals surface area (Å²) in [5.41, 5.74) is 1.12. The van der Waals surface area contributed by atoms with Gasteiger partial charge in [-0.15, -0.1) is 11.3 Å². The van der Waals surface area contributed by atoms with E-state index in [0.717, 1.165) is 5.52 Å². The fourth-order valence-corrected chi connectivity index (χ4v) is 4.51. The molecule has 0 aliphatic rings. The van der Waals surface area contributed by atoms with Crippen LogP contribution in [0.5, 0.6) is 0 Å². The molecule has 1 heterocycles. The number of thioether (sulfide) groups is 2. The lowest BCUT2D eigenvalue weighted by Crippen LogP contribution is -2.11. The molecular weight excluding hydrogens is 254 g/mol. The Morgan fingerprint density at radius 3 is 2.62 bits per heavy atom. The highest BCUT2D eigenvalue weighted by Gasteiger charge is 2.14.